The molecule has 0 spiro atoms. The third kappa shape index (κ3) is 4.49. The highest BCUT2D eigenvalue weighted by molar-refractivity contribution is 7.98. The van der Waals surface area contributed by atoms with Crippen LogP contribution in [0, 0.1) is 0 Å². The second-order valence-electron chi connectivity index (χ2n) is 4.51. The molecule has 6 nitrogen and oxygen atoms in total. The van der Waals surface area contributed by atoms with Gasteiger partial charge in [-0.15, -0.1) is 0 Å². The summed E-state index contributed by atoms with van der Waals surface area (Å²) in [5.74, 6) is 0.420. The summed E-state index contributed by atoms with van der Waals surface area (Å²) >= 11 is 1.52. The molecular weight excluding hydrogens is 292 g/mol. The lowest BCUT2D eigenvalue weighted by atomic mass is 10.2. The van der Waals surface area contributed by atoms with Gasteiger partial charge in [0.1, 0.15) is 11.6 Å². The van der Waals surface area contributed by atoms with Gasteiger partial charge in [0.05, 0.1) is 5.75 Å². The van der Waals surface area contributed by atoms with Crippen LogP contribution in [-0.4, -0.2) is 33.8 Å². The lowest BCUT2D eigenvalue weighted by Crippen LogP contribution is -2.39. The van der Waals surface area contributed by atoms with Crippen LogP contribution in [0.15, 0.2) is 28.7 Å². The summed E-state index contributed by atoms with van der Waals surface area (Å²) in [4.78, 5) is 26.2. The minimum atomic E-state index is -1.02. The van der Waals surface area contributed by atoms with Crippen molar-refractivity contribution >= 4 is 34.7 Å². The van der Waals surface area contributed by atoms with Gasteiger partial charge in [-0.05, 0) is 24.3 Å². The highest BCUT2D eigenvalue weighted by Crippen LogP contribution is 2.19. The van der Waals surface area contributed by atoms with Crippen molar-refractivity contribution in [3.63, 3.8) is 0 Å². The maximum absolute atomic E-state index is 11.0. The number of carbonyl (C=O) groups is 2. The average molecular weight is 308 g/mol. The van der Waals surface area contributed by atoms with Crippen molar-refractivity contribution in [2.24, 2.45) is 0 Å². The fourth-order valence-electron chi connectivity index (χ4n) is 1.85. The molecule has 0 saturated carbocycles. The average Bonchev–Trinajstić information content (AvgIpc) is 2.84. The molecular formula is C14H16N2O4S. The zero-order chi connectivity index (χ0) is 15.2. The lowest BCUT2D eigenvalue weighted by Gasteiger charge is -2.12. The molecule has 2 N–H and O–H groups in total. The Morgan fingerprint density at radius 3 is 2.86 bits per heavy atom. The van der Waals surface area contributed by atoms with Crippen LogP contribution in [0.25, 0.3) is 11.1 Å². The predicted octanol–water partition coefficient (Wildman–Crippen LogP) is 2.04. The molecule has 2 aromatic rings. The van der Waals surface area contributed by atoms with E-state index in [1.807, 2.05) is 24.3 Å². The van der Waals surface area contributed by atoms with Gasteiger partial charge in [-0.3, -0.25) is 4.79 Å². The zero-order valence-corrected chi connectivity index (χ0v) is 12.4. The van der Waals surface area contributed by atoms with Crippen molar-refractivity contribution in [2.45, 2.75) is 25.1 Å². The summed E-state index contributed by atoms with van der Waals surface area (Å²) in [6.45, 7) is 1.31. The summed E-state index contributed by atoms with van der Waals surface area (Å²) in [5.41, 5.74) is 1.56. The van der Waals surface area contributed by atoms with Crippen molar-refractivity contribution in [3.8, 4) is 0 Å². The summed E-state index contributed by atoms with van der Waals surface area (Å²) in [7, 11) is 0. The van der Waals surface area contributed by atoms with Crippen LogP contribution in [0.3, 0.4) is 0 Å². The zero-order valence-electron chi connectivity index (χ0n) is 11.5. The van der Waals surface area contributed by atoms with Crippen LogP contribution < -0.4 is 5.32 Å². The number of oxazole rings is 1. The topological polar surface area (TPSA) is 92.4 Å². The molecule has 0 aliphatic carbocycles. The van der Waals surface area contributed by atoms with Gasteiger partial charge in [-0.1, -0.05) is 12.1 Å². The number of benzene rings is 1. The largest absolute Gasteiger partial charge is 0.480 e. The number of amides is 1. The van der Waals surface area contributed by atoms with Crippen LogP contribution in [0.1, 0.15) is 19.2 Å². The van der Waals surface area contributed by atoms with E-state index in [4.69, 9.17) is 9.52 Å². The summed E-state index contributed by atoms with van der Waals surface area (Å²) in [5, 5.41) is 11.4. The van der Waals surface area contributed by atoms with E-state index in [2.05, 4.69) is 10.3 Å². The van der Waals surface area contributed by atoms with Crippen LogP contribution >= 0.6 is 11.8 Å². The van der Waals surface area contributed by atoms with Gasteiger partial charge < -0.3 is 14.8 Å². The van der Waals surface area contributed by atoms with Crippen LogP contribution in [-0.2, 0) is 15.3 Å². The first-order valence-corrected chi connectivity index (χ1v) is 7.64. The van der Waals surface area contributed by atoms with Gasteiger partial charge in [0.15, 0.2) is 5.58 Å². The van der Waals surface area contributed by atoms with Crippen molar-refractivity contribution in [3.05, 3.63) is 30.2 Å². The first kappa shape index (κ1) is 15.4. The number of carboxylic acid groups (broad SMARTS) is 1. The first-order valence-electron chi connectivity index (χ1n) is 6.48. The predicted molar refractivity (Wildman–Crippen MR) is 80.0 cm³/mol. The van der Waals surface area contributed by atoms with E-state index in [0.717, 1.165) is 11.1 Å². The molecule has 0 fully saturated rings. The Labute approximate surface area is 125 Å². The van der Waals surface area contributed by atoms with Gasteiger partial charge in [0.25, 0.3) is 0 Å². The summed E-state index contributed by atoms with van der Waals surface area (Å²) < 4.78 is 5.57. The van der Waals surface area contributed by atoms with E-state index in [1.165, 1.54) is 18.7 Å². The molecule has 1 amide bonds. The van der Waals surface area contributed by atoms with E-state index in [9.17, 15) is 9.59 Å². The van der Waals surface area contributed by atoms with Gasteiger partial charge in [-0.2, -0.15) is 11.8 Å². The third-order valence-corrected chi connectivity index (χ3v) is 3.77. The normalized spacial score (nSPS) is 12.2. The Bertz CT molecular complexity index is 608. The molecule has 0 saturated heterocycles. The number of aromatic nitrogens is 1. The Kier molecular flexibility index (Phi) is 5.21. The third-order valence-electron chi connectivity index (χ3n) is 2.79. The minimum absolute atomic E-state index is 0.341. The molecule has 0 aliphatic rings. The van der Waals surface area contributed by atoms with Crippen molar-refractivity contribution in [1.82, 2.24) is 10.3 Å². The second kappa shape index (κ2) is 7.12. The number of rotatable bonds is 7. The first-order chi connectivity index (χ1) is 10.1. The fourth-order valence-corrected chi connectivity index (χ4v) is 2.69. The number of carboxylic acids is 1. The standard InChI is InChI=1S/C14H16N2O4S/c1-9(17)15-11(14(18)19)6-7-21-8-13-16-10-4-2-3-5-12(10)20-13/h2-5,11H,6-8H2,1H3,(H,15,17)(H,18,19). The molecule has 2 rings (SSSR count). The minimum Gasteiger partial charge on any atom is -0.480 e. The van der Waals surface area contributed by atoms with Crippen molar-refractivity contribution in [1.29, 1.82) is 0 Å². The molecule has 7 heteroatoms. The van der Waals surface area contributed by atoms with Gasteiger partial charge in [0.2, 0.25) is 11.8 Å². The van der Waals surface area contributed by atoms with Gasteiger partial charge in [-0.25, -0.2) is 9.78 Å². The van der Waals surface area contributed by atoms with Crippen molar-refractivity contribution in [2.75, 3.05) is 5.75 Å². The maximum atomic E-state index is 11.0. The Morgan fingerprint density at radius 2 is 2.19 bits per heavy atom. The number of aliphatic carboxylic acids is 1. The van der Waals surface area contributed by atoms with Crippen molar-refractivity contribution < 1.29 is 19.1 Å². The van der Waals surface area contributed by atoms with Crippen LogP contribution in [0.4, 0.5) is 0 Å². The molecule has 112 valence electrons. The number of fused-ring (bicyclic) bond motifs is 1. The van der Waals surface area contributed by atoms with E-state index in [1.54, 1.807) is 0 Å². The molecule has 0 bridgehead atoms. The van der Waals surface area contributed by atoms with E-state index in [-0.39, 0.29) is 5.91 Å². The maximum Gasteiger partial charge on any atom is 0.326 e. The molecule has 21 heavy (non-hydrogen) atoms. The molecule has 1 aromatic heterocycles. The monoisotopic (exact) mass is 308 g/mol. The number of para-hydroxylation sites is 2. The second-order valence-corrected chi connectivity index (χ2v) is 5.61. The number of thioether (sulfide) groups is 1. The highest BCUT2D eigenvalue weighted by atomic mass is 32.2. The Hall–Kier alpha value is -2.02. The molecule has 1 atom stereocenters. The Balaban J connectivity index is 1.80. The summed E-state index contributed by atoms with van der Waals surface area (Å²) in [6, 6.07) is 6.67. The smallest absolute Gasteiger partial charge is 0.326 e. The number of hydrogen-bond donors (Lipinski definition) is 2. The Morgan fingerprint density at radius 1 is 1.43 bits per heavy atom. The fraction of sp³-hybridized carbons (Fsp3) is 0.357. The summed E-state index contributed by atoms with van der Waals surface area (Å²) in [6.07, 6.45) is 0.361. The molecule has 1 heterocycles. The quantitative estimate of drug-likeness (QED) is 0.760. The number of hydrogen-bond acceptors (Lipinski definition) is 5. The SMILES string of the molecule is CC(=O)NC(CCSCc1nc2ccccc2o1)C(=O)O. The van der Waals surface area contributed by atoms with Gasteiger partial charge >= 0.3 is 5.97 Å². The lowest BCUT2D eigenvalue weighted by molar-refractivity contribution is -0.141. The number of nitrogens with one attached hydrogen (secondary N) is 1. The molecule has 0 aliphatic heterocycles. The molecule has 0 radical (unpaired) electrons. The molecule has 1 aromatic carbocycles. The van der Waals surface area contributed by atoms with E-state index < -0.39 is 12.0 Å². The van der Waals surface area contributed by atoms with E-state index >= 15 is 0 Å². The molecule has 1 unspecified atom stereocenters. The highest BCUT2D eigenvalue weighted by Gasteiger charge is 2.17. The number of carbonyl (C=O) groups excluding carboxylic acids is 1. The van der Waals surface area contributed by atoms with E-state index in [0.29, 0.717) is 23.8 Å². The number of nitrogens with zero attached hydrogens (tertiary/aromatic N) is 1. The van der Waals surface area contributed by atoms with Crippen LogP contribution in [0.2, 0.25) is 0 Å². The van der Waals surface area contributed by atoms with Crippen LogP contribution in [0.5, 0.6) is 0 Å². The van der Waals surface area contributed by atoms with Gasteiger partial charge in [0, 0.05) is 6.92 Å².